The van der Waals surface area contributed by atoms with E-state index in [1.54, 1.807) is 0 Å². The zero-order valence-corrected chi connectivity index (χ0v) is 11.3. The van der Waals surface area contributed by atoms with Crippen LogP contribution in [0, 0.1) is 5.41 Å². The number of ether oxygens (including phenoxy) is 1. The van der Waals surface area contributed by atoms with Gasteiger partial charge in [0.1, 0.15) is 0 Å². The largest absolute Gasteiger partial charge is 0.396 e. The second-order valence-corrected chi connectivity index (χ2v) is 5.15. The van der Waals surface area contributed by atoms with Crippen LogP contribution in [0.1, 0.15) is 5.56 Å². The van der Waals surface area contributed by atoms with Crippen molar-refractivity contribution in [3.63, 3.8) is 0 Å². The maximum Gasteiger partial charge on any atom is 0.0717 e. The zero-order valence-electron chi connectivity index (χ0n) is 11.3. The van der Waals surface area contributed by atoms with Crippen LogP contribution in [0.25, 0.3) is 10.8 Å². The van der Waals surface area contributed by atoms with E-state index in [1.807, 2.05) is 42.5 Å². The van der Waals surface area contributed by atoms with Gasteiger partial charge in [-0.25, -0.2) is 0 Å². The highest BCUT2D eigenvalue weighted by atomic mass is 16.5. The Bertz CT molecular complexity index is 541. The van der Waals surface area contributed by atoms with Gasteiger partial charge in [0.25, 0.3) is 0 Å². The molecule has 4 heteroatoms. The van der Waals surface area contributed by atoms with Gasteiger partial charge in [-0.2, -0.15) is 0 Å². The number of hydrogen-bond donors (Lipinski definition) is 3. The average Bonchev–Trinajstić information content (AvgIpc) is 2.52. The van der Waals surface area contributed by atoms with E-state index in [2.05, 4.69) is 0 Å². The van der Waals surface area contributed by atoms with Gasteiger partial charge < -0.3 is 20.1 Å². The minimum Gasteiger partial charge on any atom is -0.396 e. The molecule has 4 nitrogen and oxygen atoms in total. The molecule has 0 aromatic heterocycles. The summed E-state index contributed by atoms with van der Waals surface area (Å²) in [7, 11) is 0. The maximum absolute atomic E-state index is 9.22. The van der Waals surface area contributed by atoms with Gasteiger partial charge in [0.15, 0.2) is 0 Å². The number of aliphatic hydroxyl groups excluding tert-OH is 3. The molecule has 0 fully saturated rings. The van der Waals surface area contributed by atoms with Gasteiger partial charge >= 0.3 is 0 Å². The number of benzene rings is 2. The molecule has 0 bridgehead atoms. The van der Waals surface area contributed by atoms with Crippen molar-refractivity contribution in [3.8, 4) is 0 Å². The van der Waals surface area contributed by atoms with Crippen molar-refractivity contribution >= 4 is 10.8 Å². The lowest BCUT2D eigenvalue weighted by atomic mass is 9.93. The van der Waals surface area contributed by atoms with Gasteiger partial charge in [-0.3, -0.25) is 0 Å². The first kappa shape index (κ1) is 14.9. The number of rotatable bonds is 7. The second-order valence-electron chi connectivity index (χ2n) is 5.15. The van der Waals surface area contributed by atoms with Gasteiger partial charge in [0.05, 0.1) is 38.4 Å². The molecular weight excluding hydrogens is 256 g/mol. The third-order valence-corrected chi connectivity index (χ3v) is 3.50. The summed E-state index contributed by atoms with van der Waals surface area (Å²) in [6.07, 6.45) is 0. The Hall–Kier alpha value is -1.46. The maximum atomic E-state index is 9.22. The van der Waals surface area contributed by atoms with E-state index in [4.69, 9.17) is 4.74 Å². The zero-order chi connectivity index (χ0) is 14.4. The summed E-state index contributed by atoms with van der Waals surface area (Å²) in [4.78, 5) is 0. The average molecular weight is 276 g/mol. The first-order valence-corrected chi connectivity index (χ1v) is 6.61. The van der Waals surface area contributed by atoms with E-state index in [0.29, 0.717) is 6.61 Å². The molecule has 0 saturated heterocycles. The molecule has 2 aromatic carbocycles. The first-order chi connectivity index (χ1) is 9.73. The Kier molecular flexibility index (Phi) is 5.09. The minimum atomic E-state index is -0.975. The molecule has 0 saturated carbocycles. The molecule has 2 aromatic rings. The Labute approximate surface area is 118 Å². The third-order valence-electron chi connectivity index (χ3n) is 3.50. The van der Waals surface area contributed by atoms with Gasteiger partial charge in [0.2, 0.25) is 0 Å². The predicted octanol–water partition coefficient (Wildman–Crippen LogP) is 1.32. The topological polar surface area (TPSA) is 69.9 Å². The molecule has 0 amide bonds. The summed E-state index contributed by atoms with van der Waals surface area (Å²) < 4.78 is 5.53. The fourth-order valence-corrected chi connectivity index (χ4v) is 2.00. The summed E-state index contributed by atoms with van der Waals surface area (Å²) in [5, 5.41) is 30.0. The van der Waals surface area contributed by atoms with Crippen molar-refractivity contribution in [2.75, 3.05) is 26.4 Å². The lowest BCUT2D eigenvalue weighted by Crippen LogP contribution is -2.38. The van der Waals surface area contributed by atoms with Crippen molar-refractivity contribution < 1.29 is 20.1 Å². The van der Waals surface area contributed by atoms with E-state index >= 15 is 0 Å². The van der Waals surface area contributed by atoms with Crippen molar-refractivity contribution in [1.82, 2.24) is 0 Å². The van der Waals surface area contributed by atoms with E-state index in [0.717, 1.165) is 10.9 Å². The Morgan fingerprint density at radius 2 is 1.50 bits per heavy atom. The van der Waals surface area contributed by atoms with Gasteiger partial charge in [-0.1, -0.05) is 36.4 Å². The molecule has 108 valence electrons. The van der Waals surface area contributed by atoms with E-state index in [1.165, 1.54) is 5.39 Å². The van der Waals surface area contributed by atoms with Gasteiger partial charge in [-0.05, 0) is 22.4 Å². The van der Waals surface area contributed by atoms with E-state index in [9.17, 15) is 15.3 Å². The Morgan fingerprint density at radius 1 is 0.850 bits per heavy atom. The first-order valence-electron chi connectivity index (χ1n) is 6.61. The molecule has 0 unspecified atom stereocenters. The molecule has 0 aliphatic heterocycles. The summed E-state index contributed by atoms with van der Waals surface area (Å²) in [6.45, 7) is -0.428. The summed E-state index contributed by atoms with van der Waals surface area (Å²) in [5.74, 6) is 0. The molecule has 0 heterocycles. The molecular formula is C16H20O4. The highest BCUT2D eigenvalue weighted by Crippen LogP contribution is 2.19. The number of fused-ring (bicyclic) bond motifs is 1. The van der Waals surface area contributed by atoms with Crippen LogP contribution in [0.3, 0.4) is 0 Å². The molecule has 3 N–H and O–H groups in total. The van der Waals surface area contributed by atoms with Crippen LogP contribution in [-0.2, 0) is 11.3 Å². The lowest BCUT2D eigenvalue weighted by molar-refractivity contribution is -0.0621. The quantitative estimate of drug-likeness (QED) is 0.713. The van der Waals surface area contributed by atoms with Crippen LogP contribution < -0.4 is 0 Å². The molecule has 2 rings (SSSR count). The highest BCUT2D eigenvalue weighted by Gasteiger charge is 2.28. The normalized spacial score (nSPS) is 11.9. The smallest absolute Gasteiger partial charge is 0.0717 e. The molecule has 0 aliphatic rings. The van der Waals surface area contributed by atoms with Crippen molar-refractivity contribution in [2.24, 2.45) is 5.41 Å². The monoisotopic (exact) mass is 276 g/mol. The van der Waals surface area contributed by atoms with Crippen molar-refractivity contribution in [2.45, 2.75) is 6.61 Å². The summed E-state index contributed by atoms with van der Waals surface area (Å²) in [5.41, 5.74) is 0.0445. The molecule has 20 heavy (non-hydrogen) atoms. The molecule has 0 atom stereocenters. The standard InChI is InChI=1S/C16H20O4/c17-9-16(10-18,11-19)12-20-8-13-5-6-14-3-1-2-4-15(14)7-13/h1-7,17-19H,8-12H2. The highest BCUT2D eigenvalue weighted by molar-refractivity contribution is 5.82. The molecule has 0 radical (unpaired) electrons. The van der Waals surface area contributed by atoms with Crippen LogP contribution in [0.15, 0.2) is 42.5 Å². The fraction of sp³-hybridized carbons (Fsp3) is 0.375. The van der Waals surface area contributed by atoms with E-state index < -0.39 is 5.41 Å². The summed E-state index contributed by atoms with van der Waals surface area (Å²) >= 11 is 0. The van der Waals surface area contributed by atoms with Crippen LogP contribution >= 0.6 is 0 Å². The Morgan fingerprint density at radius 3 is 2.15 bits per heavy atom. The van der Waals surface area contributed by atoms with Gasteiger partial charge in [-0.15, -0.1) is 0 Å². The van der Waals surface area contributed by atoms with Crippen LogP contribution in [0.5, 0.6) is 0 Å². The third kappa shape index (κ3) is 3.35. The number of aliphatic hydroxyl groups is 3. The lowest BCUT2D eigenvalue weighted by Gasteiger charge is -2.26. The van der Waals surface area contributed by atoms with Crippen molar-refractivity contribution in [3.05, 3.63) is 48.0 Å². The van der Waals surface area contributed by atoms with Crippen molar-refractivity contribution in [1.29, 1.82) is 0 Å². The van der Waals surface area contributed by atoms with E-state index in [-0.39, 0.29) is 26.4 Å². The minimum absolute atomic E-state index is 0.114. The van der Waals surface area contributed by atoms with Crippen LogP contribution in [0.4, 0.5) is 0 Å². The predicted molar refractivity (Wildman–Crippen MR) is 77.3 cm³/mol. The summed E-state index contributed by atoms with van der Waals surface area (Å²) in [6, 6.07) is 14.1. The fourth-order valence-electron chi connectivity index (χ4n) is 2.00. The number of hydrogen-bond acceptors (Lipinski definition) is 4. The second kappa shape index (κ2) is 6.81. The molecule has 0 aliphatic carbocycles. The van der Waals surface area contributed by atoms with Gasteiger partial charge in [0, 0.05) is 0 Å². The van der Waals surface area contributed by atoms with Crippen LogP contribution in [-0.4, -0.2) is 41.7 Å². The molecule has 0 spiro atoms. The van der Waals surface area contributed by atoms with Crippen LogP contribution in [0.2, 0.25) is 0 Å². The SMILES string of the molecule is OCC(CO)(CO)COCc1ccc2ccccc2c1. The Balaban J connectivity index is 1.99.